The van der Waals surface area contributed by atoms with Gasteiger partial charge in [0.15, 0.2) is 0 Å². The average molecular weight is 346 g/mol. The van der Waals surface area contributed by atoms with Crippen LogP contribution in [0.25, 0.3) is 0 Å². The monoisotopic (exact) mass is 346 g/mol. The van der Waals surface area contributed by atoms with E-state index < -0.39 is 0 Å². The number of hydrogen-bond acceptors (Lipinski definition) is 4. The standard InChI is InChI=1S/C20H18N4O2/c25-20(23-12-9-14(13-23)24-21-10-11-22-24)19-15-5-1-3-7-17(15)26-18-8-4-2-6-16(18)19/h1-8,10-11,14,19H,9,12-13H2. The molecule has 1 aromatic heterocycles. The Kier molecular flexibility index (Phi) is 3.48. The predicted octanol–water partition coefficient (Wildman–Crippen LogP) is 2.99. The van der Waals surface area contributed by atoms with E-state index >= 15 is 0 Å². The molecule has 0 saturated carbocycles. The fourth-order valence-electron chi connectivity index (χ4n) is 3.90. The molecule has 1 saturated heterocycles. The molecule has 1 atom stereocenters. The van der Waals surface area contributed by atoms with Gasteiger partial charge in [-0.05, 0) is 18.6 Å². The number of nitrogens with zero attached hydrogens (tertiary/aromatic N) is 4. The second kappa shape index (κ2) is 5.98. The normalized spacial score (nSPS) is 18.9. The van der Waals surface area contributed by atoms with Crippen LogP contribution >= 0.6 is 0 Å². The zero-order chi connectivity index (χ0) is 17.5. The Morgan fingerprint density at radius 1 is 0.962 bits per heavy atom. The van der Waals surface area contributed by atoms with Gasteiger partial charge in [-0.25, -0.2) is 0 Å². The summed E-state index contributed by atoms with van der Waals surface area (Å²) in [7, 11) is 0. The van der Waals surface area contributed by atoms with Crippen molar-refractivity contribution < 1.29 is 9.53 Å². The molecular weight excluding hydrogens is 328 g/mol. The Bertz CT molecular complexity index is 908. The minimum absolute atomic E-state index is 0.114. The van der Waals surface area contributed by atoms with E-state index in [0.717, 1.165) is 29.0 Å². The van der Waals surface area contributed by atoms with Crippen LogP contribution in [0.15, 0.2) is 60.9 Å². The number of benzene rings is 2. The summed E-state index contributed by atoms with van der Waals surface area (Å²) < 4.78 is 6.01. The van der Waals surface area contributed by atoms with Crippen molar-refractivity contribution in [1.29, 1.82) is 0 Å². The van der Waals surface area contributed by atoms with Gasteiger partial charge in [-0.2, -0.15) is 15.0 Å². The van der Waals surface area contributed by atoms with Gasteiger partial charge in [0.1, 0.15) is 11.5 Å². The lowest BCUT2D eigenvalue weighted by Crippen LogP contribution is -2.35. The molecule has 0 radical (unpaired) electrons. The summed E-state index contributed by atoms with van der Waals surface area (Å²) in [5, 5.41) is 8.45. The lowest BCUT2D eigenvalue weighted by atomic mass is 9.87. The quantitative estimate of drug-likeness (QED) is 0.716. The number of hydrogen-bond donors (Lipinski definition) is 0. The first kappa shape index (κ1) is 15.1. The van der Waals surface area contributed by atoms with Crippen LogP contribution < -0.4 is 4.74 Å². The minimum atomic E-state index is -0.333. The molecule has 6 heteroatoms. The average Bonchev–Trinajstić information content (AvgIpc) is 3.37. The van der Waals surface area contributed by atoms with Crippen molar-refractivity contribution in [2.45, 2.75) is 18.4 Å². The molecule has 2 aliphatic rings. The zero-order valence-electron chi connectivity index (χ0n) is 14.2. The van der Waals surface area contributed by atoms with Gasteiger partial charge in [0, 0.05) is 24.2 Å². The molecule has 5 rings (SSSR count). The summed E-state index contributed by atoms with van der Waals surface area (Å²) >= 11 is 0. The summed E-state index contributed by atoms with van der Waals surface area (Å²) in [5.74, 6) is 1.30. The lowest BCUT2D eigenvalue weighted by molar-refractivity contribution is -0.131. The highest BCUT2D eigenvalue weighted by Crippen LogP contribution is 2.45. The predicted molar refractivity (Wildman–Crippen MR) is 95.1 cm³/mol. The summed E-state index contributed by atoms with van der Waals surface area (Å²) in [6.45, 7) is 1.35. The fraction of sp³-hybridized carbons (Fsp3) is 0.250. The molecule has 0 aliphatic carbocycles. The topological polar surface area (TPSA) is 60.2 Å². The number of ether oxygens (including phenoxy) is 1. The second-order valence-electron chi connectivity index (χ2n) is 6.69. The van der Waals surface area contributed by atoms with E-state index in [9.17, 15) is 4.79 Å². The molecule has 130 valence electrons. The first-order valence-corrected chi connectivity index (χ1v) is 8.81. The van der Waals surface area contributed by atoms with Gasteiger partial charge in [-0.1, -0.05) is 36.4 Å². The Morgan fingerprint density at radius 3 is 2.23 bits per heavy atom. The van der Waals surface area contributed by atoms with Crippen molar-refractivity contribution >= 4 is 5.91 Å². The maximum absolute atomic E-state index is 13.5. The Hall–Kier alpha value is -3.15. The van der Waals surface area contributed by atoms with Gasteiger partial charge in [-0.3, -0.25) is 4.79 Å². The van der Waals surface area contributed by atoms with Gasteiger partial charge in [0.2, 0.25) is 5.91 Å². The number of likely N-dealkylation sites (tertiary alicyclic amines) is 1. The molecule has 0 bridgehead atoms. The van der Waals surface area contributed by atoms with E-state index in [1.54, 1.807) is 17.2 Å². The number of fused-ring (bicyclic) bond motifs is 2. The lowest BCUT2D eigenvalue weighted by Gasteiger charge is -2.30. The SMILES string of the molecule is O=C(C1c2ccccc2Oc2ccccc21)N1CCC(n2nccn2)C1. The number of carbonyl (C=O) groups excluding carboxylic acids is 1. The molecule has 3 aromatic rings. The van der Waals surface area contributed by atoms with Crippen LogP contribution in [0.3, 0.4) is 0 Å². The third-order valence-electron chi connectivity index (χ3n) is 5.17. The molecule has 3 heterocycles. The summed E-state index contributed by atoms with van der Waals surface area (Å²) in [6, 6.07) is 15.7. The smallest absolute Gasteiger partial charge is 0.234 e. The van der Waals surface area contributed by atoms with Crippen LogP contribution in [0.2, 0.25) is 0 Å². The van der Waals surface area contributed by atoms with Gasteiger partial charge in [0.25, 0.3) is 0 Å². The second-order valence-corrected chi connectivity index (χ2v) is 6.69. The number of amides is 1. The Morgan fingerprint density at radius 2 is 1.58 bits per heavy atom. The third-order valence-corrected chi connectivity index (χ3v) is 5.17. The molecule has 0 N–H and O–H groups in total. The summed E-state index contributed by atoms with van der Waals surface area (Å²) in [6.07, 6.45) is 4.22. The van der Waals surface area contributed by atoms with Gasteiger partial charge < -0.3 is 9.64 Å². The highest BCUT2D eigenvalue weighted by Gasteiger charge is 2.38. The highest BCUT2D eigenvalue weighted by molar-refractivity contribution is 5.90. The molecule has 0 spiro atoms. The fourth-order valence-corrected chi connectivity index (χ4v) is 3.90. The Labute approximate surface area is 151 Å². The molecule has 2 aliphatic heterocycles. The van der Waals surface area contributed by atoms with E-state index in [2.05, 4.69) is 10.2 Å². The highest BCUT2D eigenvalue weighted by atomic mass is 16.5. The molecule has 26 heavy (non-hydrogen) atoms. The van der Waals surface area contributed by atoms with Crippen LogP contribution in [0.4, 0.5) is 0 Å². The van der Waals surface area contributed by atoms with E-state index in [1.165, 1.54) is 0 Å². The van der Waals surface area contributed by atoms with Crippen LogP contribution in [-0.2, 0) is 4.79 Å². The van der Waals surface area contributed by atoms with Crippen molar-refractivity contribution in [1.82, 2.24) is 19.9 Å². The number of carbonyl (C=O) groups is 1. The number of para-hydroxylation sites is 2. The third kappa shape index (κ3) is 2.37. The molecule has 1 fully saturated rings. The van der Waals surface area contributed by atoms with Crippen LogP contribution in [0.5, 0.6) is 11.5 Å². The van der Waals surface area contributed by atoms with Gasteiger partial charge >= 0.3 is 0 Å². The Balaban J connectivity index is 1.49. The van der Waals surface area contributed by atoms with Crippen LogP contribution in [0, 0.1) is 0 Å². The van der Waals surface area contributed by atoms with Crippen LogP contribution in [-0.4, -0.2) is 38.9 Å². The van der Waals surface area contributed by atoms with Crippen molar-refractivity contribution in [3.05, 3.63) is 72.1 Å². The van der Waals surface area contributed by atoms with Crippen molar-refractivity contribution in [2.75, 3.05) is 13.1 Å². The molecular formula is C20H18N4O2. The largest absolute Gasteiger partial charge is 0.457 e. The number of aromatic nitrogens is 3. The molecule has 6 nitrogen and oxygen atoms in total. The van der Waals surface area contributed by atoms with Crippen molar-refractivity contribution in [3.63, 3.8) is 0 Å². The number of rotatable bonds is 2. The minimum Gasteiger partial charge on any atom is -0.457 e. The molecule has 1 amide bonds. The maximum atomic E-state index is 13.5. The summed E-state index contributed by atoms with van der Waals surface area (Å²) in [5.41, 5.74) is 1.86. The first-order chi connectivity index (χ1) is 12.8. The first-order valence-electron chi connectivity index (χ1n) is 8.81. The zero-order valence-corrected chi connectivity index (χ0v) is 14.2. The van der Waals surface area contributed by atoms with Crippen molar-refractivity contribution in [2.24, 2.45) is 0 Å². The van der Waals surface area contributed by atoms with E-state index in [-0.39, 0.29) is 17.9 Å². The van der Waals surface area contributed by atoms with E-state index in [0.29, 0.717) is 13.1 Å². The molecule has 1 unspecified atom stereocenters. The summed E-state index contributed by atoms with van der Waals surface area (Å²) in [4.78, 5) is 17.1. The van der Waals surface area contributed by atoms with Crippen molar-refractivity contribution in [3.8, 4) is 11.5 Å². The maximum Gasteiger partial charge on any atom is 0.234 e. The molecule has 2 aromatic carbocycles. The van der Waals surface area contributed by atoms with Gasteiger partial charge in [-0.15, -0.1) is 0 Å². The van der Waals surface area contributed by atoms with E-state index in [4.69, 9.17) is 4.74 Å². The van der Waals surface area contributed by atoms with E-state index in [1.807, 2.05) is 53.4 Å². The van der Waals surface area contributed by atoms with Crippen LogP contribution in [0.1, 0.15) is 29.5 Å². The van der Waals surface area contributed by atoms with Gasteiger partial charge in [0.05, 0.1) is 24.4 Å².